The summed E-state index contributed by atoms with van der Waals surface area (Å²) in [6.07, 6.45) is 1.69. The zero-order valence-corrected chi connectivity index (χ0v) is 12.1. The highest BCUT2D eigenvalue weighted by atomic mass is 16.4. The number of benzene rings is 1. The first-order valence-corrected chi connectivity index (χ1v) is 6.93. The molecule has 2 aromatic rings. The van der Waals surface area contributed by atoms with Gasteiger partial charge in [-0.15, -0.1) is 0 Å². The topological polar surface area (TPSA) is 64.2 Å². The summed E-state index contributed by atoms with van der Waals surface area (Å²) in [6.45, 7) is 4.49. The number of rotatable bonds is 5. The first-order chi connectivity index (χ1) is 9.56. The van der Waals surface area contributed by atoms with Gasteiger partial charge in [0.15, 0.2) is 5.58 Å². The van der Waals surface area contributed by atoms with Crippen LogP contribution in [0.1, 0.15) is 32.3 Å². The van der Waals surface area contributed by atoms with E-state index in [9.17, 15) is 9.59 Å². The van der Waals surface area contributed by atoms with Crippen LogP contribution in [0, 0.1) is 5.92 Å². The molecule has 0 atom stereocenters. The van der Waals surface area contributed by atoms with Gasteiger partial charge in [-0.1, -0.05) is 19.9 Å². The number of amides is 1. The van der Waals surface area contributed by atoms with Crippen LogP contribution in [0.25, 0.3) is 11.1 Å². The Kier molecular flexibility index (Phi) is 4.27. The fourth-order valence-electron chi connectivity index (χ4n) is 2.28. The van der Waals surface area contributed by atoms with Gasteiger partial charge < -0.3 is 9.73 Å². The third-order valence-corrected chi connectivity index (χ3v) is 3.68. The molecule has 5 nitrogen and oxygen atoms in total. The molecular weight excluding hydrogens is 256 g/mol. The molecule has 20 heavy (non-hydrogen) atoms. The van der Waals surface area contributed by atoms with Crippen LogP contribution < -0.4 is 11.1 Å². The molecule has 0 bridgehead atoms. The van der Waals surface area contributed by atoms with Crippen LogP contribution in [-0.4, -0.2) is 10.5 Å². The number of fused-ring (bicyclic) bond motifs is 1. The van der Waals surface area contributed by atoms with E-state index in [1.54, 1.807) is 13.1 Å². The molecule has 0 aliphatic carbocycles. The summed E-state index contributed by atoms with van der Waals surface area (Å²) in [6, 6.07) is 5.49. The van der Waals surface area contributed by atoms with Crippen LogP contribution in [-0.2, 0) is 18.4 Å². The van der Waals surface area contributed by atoms with Crippen LogP contribution in [0.3, 0.4) is 0 Å². The van der Waals surface area contributed by atoms with E-state index >= 15 is 0 Å². The fourth-order valence-corrected chi connectivity index (χ4v) is 2.28. The van der Waals surface area contributed by atoms with Crippen molar-refractivity contribution in [3.05, 3.63) is 34.3 Å². The average Bonchev–Trinajstić information content (AvgIpc) is 2.73. The first-order valence-electron chi connectivity index (χ1n) is 6.93. The van der Waals surface area contributed by atoms with E-state index in [1.165, 1.54) is 4.57 Å². The van der Waals surface area contributed by atoms with Crippen molar-refractivity contribution in [2.24, 2.45) is 13.0 Å². The van der Waals surface area contributed by atoms with Gasteiger partial charge in [0.2, 0.25) is 5.91 Å². The second-order valence-corrected chi connectivity index (χ2v) is 4.96. The molecule has 1 aromatic heterocycles. The number of aromatic nitrogens is 1. The second kappa shape index (κ2) is 5.94. The van der Waals surface area contributed by atoms with Crippen molar-refractivity contribution >= 4 is 17.0 Å². The van der Waals surface area contributed by atoms with Crippen molar-refractivity contribution in [3.8, 4) is 0 Å². The molecular formula is C15H20N2O3. The predicted molar refractivity (Wildman–Crippen MR) is 77.4 cm³/mol. The summed E-state index contributed by atoms with van der Waals surface area (Å²) in [7, 11) is 1.67. The number of hydrogen-bond acceptors (Lipinski definition) is 3. The van der Waals surface area contributed by atoms with E-state index < -0.39 is 0 Å². The Bertz CT molecular complexity index is 665. The molecule has 0 saturated heterocycles. The van der Waals surface area contributed by atoms with Crippen molar-refractivity contribution < 1.29 is 9.21 Å². The molecule has 1 aromatic carbocycles. The molecule has 0 fully saturated rings. The molecule has 108 valence electrons. The first kappa shape index (κ1) is 14.4. The van der Waals surface area contributed by atoms with Gasteiger partial charge in [-0.3, -0.25) is 9.36 Å². The summed E-state index contributed by atoms with van der Waals surface area (Å²) in [4.78, 5) is 23.3. The van der Waals surface area contributed by atoms with E-state index in [4.69, 9.17) is 4.42 Å². The van der Waals surface area contributed by atoms with E-state index in [1.807, 2.05) is 26.0 Å². The highest BCUT2D eigenvalue weighted by molar-refractivity contribution is 5.79. The molecule has 1 heterocycles. The van der Waals surface area contributed by atoms with Gasteiger partial charge in [0.1, 0.15) is 0 Å². The standard InChI is InChI=1S/C15H20N2O3/c1-4-11(5-2)14(18)16-9-10-6-7-13-12(8-10)17(3)15(19)20-13/h6-8,11H,4-5,9H2,1-3H3,(H,16,18). The molecule has 0 aliphatic heterocycles. The zero-order chi connectivity index (χ0) is 14.7. The normalized spacial score (nSPS) is 11.2. The molecule has 0 unspecified atom stereocenters. The molecule has 5 heteroatoms. The highest BCUT2D eigenvalue weighted by Crippen LogP contribution is 2.14. The van der Waals surface area contributed by atoms with Crippen LogP contribution in [0.2, 0.25) is 0 Å². The number of carbonyl (C=O) groups excluding carboxylic acids is 1. The van der Waals surface area contributed by atoms with Crippen LogP contribution in [0.5, 0.6) is 0 Å². The van der Waals surface area contributed by atoms with Gasteiger partial charge in [0, 0.05) is 19.5 Å². The SMILES string of the molecule is CCC(CC)C(=O)NCc1ccc2oc(=O)n(C)c2c1. The van der Waals surface area contributed by atoms with Gasteiger partial charge in [0.05, 0.1) is 5.52 Å². The summed E-state index contributed by atoms with van der Waals surface area (Å²) in [5.41, 5.74) is 2.25. The number of aryl methyl sites for hydroxylation is 1. The third-order valence-electron chi connectivity index (χ3n) is 3.68. The van der Waals surface area contributed by atoms with Crippen molar-refractivity contribution in [3.63, 3.8) is 0 Å². The van der Waals surface area contributed by atoms with Gasteiger partial charge in [-0.25, -0.2) is 4.79 Å². The smallest absolute Gasteiger partial charge is 0.408 e. The molecule has 1 amide bonds. The van der Waals surface area contributed by atoms with Gasteiger partial charge in [-0.05, 0) is 30.5 Å². The maximum atomic E-state index is 11.9. The Labute approximate surface area is 117 Å². The third kappa shape index (κ3) is 2.76. The van der Waals surface area contributed by atoms with Crippen molar-refractivity contribution in [1.29, 1.82) is 0 Å². The lowest BCUT2D eigenvalue weighted by Gasteiger charge is -2.12. The van der Waals surface area contributed by atoms with Crippen molar-refractivity contribution in [1.82, 2.24) is 9.88 Å². The molecule has 0 saturated carbocycles. The Morgan fingerprint density at radius 2 is 2.05 bits per heavy atom. The lowest BCUT2D eigenvalue weighted by molar-refractivity contribution is -0.125. The number of oxazole rings is 1. The van der Waals surface area contributed by atoms with Gasteiger partial charge in [-0.2, -0.15) is 0 Å². The average molecular weight is 276 g/mol. The number of nitrogens with zero attached hydrogens (tertiary/aromatic N) is 1. The maximum absolute atomic E-state index is 11.9. The molecule has 2 rings (SSSR count). The minimum Gasteiger partial charge on any atom is -0.408 e. The van der Waals surface area contributed by atoms with Gasteiger partial charge >= 0.3 is 5.76 Å². The minimum atomic E-state index is -0.377. The monoisotopic (exact) mass is 276 g/mol. The fraction of sp³-hybridized carbons (Fsp3) is 0.467. The van der Waals surface area contributed by atoms with Crippen LogP contribution in [0.4, 0.5) is 0 Å². The number of hydrogen-bond donors (Lipinski definition) is 1. The minimum absolute atomic E-state index is 0.0667. The Morgan fingerprint density at radius 3 is 2.70 bits per heavy atom. The van der Waals surface area contributed by atoms with Crippen molar-refractivity contribution in [2.45, 2.75) is 33.2 Å². The molecule has 0 aliphatic rings. The lowest BCUT2D eigenvalue weighted by atomic mass is 10.0. The molecule has 1 N–H and O–H groups in total. The quantitative estimate of drug-likeness (QED) is 0.910. The van der Waals surface area contributed by atoms with Gasteiger partial charge in [0.25, 0.3) is 0 Å². The van der Waals surface area contributed by atoms with E-state index in [-0.39, 0.29) is 17.6 Å². The lowest BCUT2D eigenvalue weighted by Crippen LogP contribution is -2.29. The second-order valence-electron chi connectivity index (χ2n) is 4.96. The highest BCUT2D eigenvalue weighted by Gasteiger charge is 2.13. The Hall–Kier alpha value is -2.04. The van der Waals surface area contributed by atoms with E-state index in [0.717, 1.165) is 23.9 Å². The maximum Gasteiger partial charge on any atom is 0.419 e. The van der Waals surface area contributed by atoms with E-state index in [2.05, 4.69) is 5.32 Å². The number of carbonyl (C=O) groups is 1. The van der Waals surface area contributed by atoms with Crippen molar-refractivity contribution in [2.75, 3.05) is 0 Å². The van der Waals surface area contributed by atoms with Crippen LogP contribution in [0.15, 0.2) is 27.4 Å². The van der Waals surface area contributed by atoms with Crippen LogP contribution >= 0.6 is 0 Å². The summed E-state index contributed by atoms with van der Waals surface area (Å²) in [5, 5.41) is 2.93. The Balaban J connectivity index is 2.12. The predicted octanol–water partition coefficient (Wildman–Crippen LogP) is 2.18. The Morgan fingerprint density at radius 1 is 1.35 bits per heavy atom. The molecule has 0 radical (unpaired) electrons. The zero-order valence-electron chi connectivity index (χ0n) is 12.1. The van der Waals surface area contributed by atoms with E-state index in [0.29, 0.717) is 12.1 Å². The largest absolute Gasteiger partial charge is 0.419 e. The summed E-state index contributed by atoms with van der Waals surface area (Å²) < 4.78 is 6.53. The molecule has 0 spiro atoms. The summed E-state index contributed by atoms with van der Waals surface area (Å²) in [5.74, 6) is -0.230. The number of nitrogens with one attached hydrogen (secondary N) is 1. The summed E-state index contributed by atoms with van der Waals surface area (Å²) >= 11 is 0.